The molecule has 2 unspecified atom stereocenters. The lowest BCUT2D eigenvalue weighted by Crippen LogP contribution is -2.34. The lowest BCUT2D eigenvalue weighted by Gasteiger charge is -2.35. The summed E-state index contributed by atoms with van der Waals surface area (Å²) in [6.07, 6.45) is 6.45. The zero-order valence-electron chi connectivity index (χ0n) is 20.2. The first-order valence-corrected chi connectivity index (χ1v) is 12.6. The molecule has 1 fully saturated rings. The number of benzene rings is 3. The lowest BCUT2D eigenvalue weighted by molar-refractivity contribution is 0.146. The standard InChI is InChI=1S/C31H37N/c1-5-28-22(3)29-19-32(27-13-9-12-26(18-27)24-10-7-6-8-11-24)20-30(29)23(4)31(28)25-16-14-21(2)15-17-25/h6-8,10-11,14-17,26-27H,5,9,12-13,18-20H2,1-4H3. The van der Waals surface area contributed by atoms with Crippen LogP contribution in [0.4, 0.5) is 0 Å². The van der Waals surface area contributed by atoms with Gasteiger partial charge in [0.1, 0.15) is 0 Å². The van der Waals surface area contributed by atoms with Gasteiger partial charge in [0.2, 0.25) is 0 Å². The van der Waals surface area contributed by atoms with Crippen LogP contribution >= 0.6 is 0 Å². The predicted octanol–water partition coefficient (Wildman–Crippen LogP) is 7.88. The molecule has 5 rings (SSSR count). The van der Waals surface area contributed by atoms with Crippen molar-refractivity contribution in [3.05, 3.63) is 93.5 Å². The van der Waals surface area contributed by atoms with Crippen LogP contribution < -0.4 is 0 Å². The Labute approximate surface area is 194 Å². The van der Waals surface area contributed by atoms with E-state index in [0.717, 1.165) is 25.4 Å². The molecule has 166 valence electrons. The molecule has 3 aromatic rings. The Balaban J connectivity index is 1.46. The Bertz CT molecular complexity index is 1090. The second-order valence-electron chi connectivity index (χ2n) is 10.1. The Morgan fingerprint density at radius 3 is 2.19 bits per heavy atom. The Kier molecular flexibility index (Phi) is 5.95. The topological polar surface area (TPSA) is 3.24 Å². The Hall–Kier alpha value is -2.38. The summed E-state index contributed by atoms with van der Waals surface area (Å²) >= 11 is 0. The van der Waals surface area contributed by atoms with Crippen molar-refractivity contribution in [3.8, 4) is 11.1 Å². The van der Waals surface area contributed by atoms with Gasteiger partial charge in [-0.1, -0.05) is 73.5 Å². The highest BCUT2D eigenvalue weighted by atomic mass is 15.2. The molecule has 0 spiro atoms. The van der Waals surface area contributed by atoms with Gasteiger partial charge in [-0.2, -0.15) is 0 Å². The molecule has 0 bridgehead atoms. The fourth-order valence-corrected chi connectivity index (χ4v) is 6.42. The maximum Gasteiger partial charge on any atom is 0.0246 e. The average Bonchev–Trinajstić information content (AvgIpc) is 3.29. The molecule has 2 aliphatic rings. The van der Waals surface area contributed by atoms with Gasteiger partial charge in [0.25, 0.3) is 0 Å². The van der Waals surface area contributed by atoms with E-state index in [0.29, 0.717) is 6.04 Å². The molecule has 0 aromatic heterocycles. The molecule has 0 saturated heterocycles. The zero-order chi connectivity index (χ0) is 22.2. The zero-order valence-corrected chi connectivity index (χ0v) is 20.2. The molecular formula is C31H37N. The van der Waals surface area contributed by atoms with Gasteiger partial charge in [0, 0.05) is 19.1 Å². The SMILES string of the molecule is CCc1c(C)c2c(c(C)c1-c1ccc(C)cc1)CN(C1CCCC(c3ccccc3)C1)C2. The van der Waals surface area contributed by atoms with Crippen LogP contribution in [0.15, 0.2) is 54.6 Å². The van der Waals surface area contributed by atoms with Crippen LogP contribution in [0, 0.1) is 20.8 Å². The van der Waals surface area contributed by atoms with Crippen LogP contribution in [0.3, 0.4) is 0 Å². The molecule has 1 heteroatoms. The van der Waals surface area contributed by atoms with Gasteiger partial charge in [-0.25, -0.2) is 0 Å². The van der Waals surface area contributed by atoms with Gasteiger partial charge >= 0.3 is 0 Å². The van der Waals surface area contributed by atoms with Crippen molar-refractivity contribution in [1.82, 2.24) is 4.90 Å². The summed E-state index contributed by atoms with van der Waals surface area (Å²) in [5.74, 6) is 0.718. The van der Waals surface area contributed by atoms with Crippen LogP contribution in [0.2, 0.25) is 0 Å². The van der Waals surface area contributed by atoms with Crippen molar-refractivity contribution in [3.63, 3.8) is 0 Å². The fraction of sp³-hybridized carbons (Fsp3) is 0.419. The summed E-state index contributed by atoms with van der Waals surface area (Å²) < 4.78 is 0. The van der Waals surface area contributed by atoms with E-state index in [2.05, 4.69) is 87.2 Å². The smallest absolute Gasteiger partial charge is 0.0246 e. The predicted molar refractivity (Wildman–Crippen MR) is 136 cm³/mol. The van der Waals surface area contributed by atoms with Crippen LogP contribution in [0.5, 0.6) is 0 Å². The van der Waals surface area contributed by atoms with Crippen LogP contribution in [-0.4, -0.2) is 10.9 Å². The molecule has 0 N–H and O–H groups in total. The third-order valence-corrected chi connectivity index (χ3v) is 8.25. The summed E-state index contributed by atoms with van der Waals surface area (Å²) in [5.41, 5.74) is 13.6. The van der Waals surface area contributed by atoms with E-state index in [4.69, 9.17) is 0 Å². The lowest BCUT2D eigenvalue weighted by atomic mass is 9.81. The monoisotopic (exact) mass is 423 g/mol. The van der Waals surface area contributed by atoms with Gasteiger partial charge in [-0.3, -0.25) is 4.90 Å². The number of fused-ring (bicyclic) bond motifs is 1. The molecule has 1 saturated carbocycles. The number of aryl methyl sites for hydroxylation is 1. The summed E-state index contributed by atoms with van der Waals surface area (Å²) in [5, 5.41) is 0. The molecule has 2 atom stereocenters. The number of hydrogen-bond donors (Lipinski definition) is 0. The second-order valence-corrected chi connectivity index (χ2v) is 10.1. The van der Waals surface area contributed by atoms with E-state index >= 15 is 0 Å². The van der Waals surface area contributed by atoms with Crippen molar-refractivity contribution in [2.24, 2.45) is 0 Å². The molecule has 3 aromatic carbocycles. The Morgan fingerprint density at radius 2 is 1.50 bits per heavy atom. The third kappa shape index (κ3) is 3.82. The molecule has 1 nitrogen and oxygen atoms in total. The van der Waals surface area contributed by atoms with E-state index < -0.39 is 0 Å². The minimum atomic E-state index is 0.702. The maximum atomic E-state index is 2.80. The molecule has 1 aliphatic carbocycles. The number of nitrogens with zero attached hydrogens (tertiary/aromatic N) is 1. The summed E-state index contributed by atoms with van der Waals surface area (Å²) in [4.78, 5) is 2.80. The third-order valence-electron chi connectivity index (χ3n) is 8.25. The number of hydrogen-bond acceptors (Lipinski definition) is 1. The molecule has 32 heavy (non-hydrogen) atoms. The largest absolute Gasteiger partial charge is 0.292 e. The van der Waals surface area contributed by atoms with Gasteiger partial charge in [-0.15, -0.1) is 0 Å². The van der Waals surface area contributed by atoms with Crippen molar-refractivity contribution < 1.29 is 0 Å². The minimum absolute atomic E-state index is 0.702. The molecule has 1 aliphatic heterocycles. The van der Waals surface area contributed by atoms with Crippen molar-refractivity contribution in [2.45, 2.75) is 84.8 Å². The van der Waals surface area contributed by atoms with Crippen molar-refractivity contribution >= 4 is 0 Å². The van der Waals surface area contributed by atoms with Crippen molar-refractivity contribution in [2.75, 3.05) is 0 Å². The highest BCUT2D eigenvalue weighted by Gasteiger charge is 2.33. The summed E-state index contributed by atoms with van der Waals surface area (Å²) in [6, 6.07) is 21.1. The first-order chi connectivity index (χ1) is 15.6. The maximum absolute atomic E-state index is 2.80. The highest BCUT2D eigenvalue weighted by Crippen LogP contribution is 2.43. The van der Waals surface area contributed by atoms with E-state index in [1.54, 1.807) is 22.3 Å². The molecule has 0 amide bonds. The van der Waals surface area contributed by atoms with Gasteiger partial charge in [0.05, 0.1) is 0 Å². The number of rotatable bonds is 4. The van der Waals surface area contributed by atoms with Gasteiger partial charge in [0.15, 0.2) is 0 Å². The van der Waals surface area contributed by atoms with Crippen LogP contribution in [-0.2, 0) is 19.5 Å². The summed E-state index contributed by atoms with van der Waals surface area (Å²) in [7, 11) is 0. The van der Waals surface area contributed by atoms with Gasteiger partial charge < -0.3 is 0 Å². The molecular weight excluding hydrogens is 386 g/mol. The molecule has 1 heterocycles. The fourth-order valence-electron chi connectivity index (χ4n) is 6.42. The average molecular weight is 424 g/mol. The van der Waals surface area contributed by atoms with Crippen LogP contribution in [0.1, 0.15) is 77.5 Å². The highest BCUT2D eigenvalue weighted by molar-refractivity contribution is 5.75. The normalized spacial score (nSPS) is 21.0. The van der Waals surface area contributed by atoms with Crippen molar-refractivity contribution in [1.29, 1.82) is 0 Å². The Morgan fingerprint density at radius 1 is 0.812 bits per heavy atom. The van der Waals surface area contributed by atoms with E-state index in [9.17, 15) is 0 Å². The minimum Gasteiger partial charge on any atom is -0.292 e. The summed E-state index contributed by atoms with van der Waals surface area (Å²) in [6.45, 7) is 11.5. The van der Waals surface area contributed by atoms with E-state index in [-0.39, 0.29) is 0 Å². The first-order valence-electron chi connectivity index (χ1n) is 12.6. The van der Waals surface area contributed by atoms with E-state index in [1.807, 2.05) is 0 Å². The van der Waals surface area contributed by atoms with E-state index in [1.165, 1.54) is 53.5 Å². The quantitative estimate of drug-likeness (QED) is 0.412. The second kappa shape index (κ2) is 8.87. The molecule has 0 radical (unpaired) electrons. The first kappa shape index (κ1) is 21.5. The van der Waals surface area contributed by atoms with Crippen LogP contribution in [0.25, 0.3) is 11.1 Å². The van der Waals surface area contributed by atoms with Gasteiger partial charge in [-0.05, 0) is 96.9 Å².